The van der Waals surface area contributed by atoms with Crippen LogP contribution in [0.15, 0.2) is 0 Å². The third kappa shape index (κ3) is 4.86. The van der Waals surface area contributed by atoms with Gasteiger partial charge in [-0.05, 0) is 32.6 Å². The minimum atomic E-state index is 0.338. The van der Waals surface area contributed by atoms with Crippen LogP contribution in [0.5, 0.6) is 0 Å². The second kappa shape index (κ2) is 5.08. The van der Waals surface area contributed by atoms with Crippen LogP contribution in [-0.4, -0.2) is 30.7 Å². The van der Waals surface area contributed by atoms with Crippen LogP contribution < -0.4 is 0 Å². The molecule has 0 N–H and O–H groups in total. The zero-order valence-electron chi connectivity index (χ0n) is 13.1. The molecule has 0 spiro atoms. The van der Waals surface area contributed by atoms with Crippen LogP contribution in [0.1, 0.15) is 61.3 Å². The van der Waals surface area contributed by atoms with E-state index in [-0.39, 0.29) is 0 Å². The van der Waals surface area contributed by atoms with Gasteiger partial charge >= 0.3 is 0 Å². The van der Waals surface area contributed by atoms with Gasteiger partial charge in [0.1, 0.15) is 0 Å². The fraction of sp³-hybridized carbons (Fsp3) is 1.00. The predicted octanol–water partition coefficient (Wildman–Crippen LogP) is 4.32. The fourth-order valence-electron chi connectivity index (χ4n) is 2.21. The number of rotatable bonds is 5. The van der Waals surface area contributed by atoms with E-state index in [0.717, 1.165) is 10.4 Å². The molecule has 0 aromatic heterocycles. The van der Waals surface area contributed by atoms with E-state index in [9.17, 15) is 0 Å². The first-order valence-electron chi connectivity index (χ1n) is 6.74. The molecule has 0 amide bonds. The molecule has 98 valence electrons. The largest absolute Gasteiger partial charge is 0.324 e. The molecule has 0 aromatic rings. The Morgan fingerprint density at radius 3 is 1.75 bits per heavy atom. The molecule has 0 heterocycles. The van der Waals surface area contributed by atoms with Crippen LogP contribution >= 0.6 is 0 Å². The Labute approximate surface area is 104 Å². The Hall–Kier alpha value is -0.0400. The van der Waals surface area contributed by atoms with E-state index in [4.69, 9.17) is 0 Å². The Morgan fingerprint density at radius 1 is 1.00 bits per heavy atom. The second-order valence-electron chi connectivity index (χ2n) is 7.87. The molecule has 1 nitrogen and oxygen atoms in total. The molecule has 16 heavy (non-hydrogen) atoms. The van der Waals surface area contributed by atoms with Gasteiger partial charge < -0.3 is 4.48 Å². The van der Waals surface area contributed by atoms with Crippen molar-refractivity contribution in [3.05, 3.63) is 0 Å². The van der Waals surface area contributed by atoms with Crippen molar-refractivity contribution in [2.45, 2.75) is 66.8 Å². The van der Waals surface area contributed by atoms with Gasteiger partial charge in [-0.3, -0.25) is 0 Å². The number of hydrogen-bond donors (Lipinski definition) is 0. The summed E-state index contributed by atoms with van der Waals surface area (Å²) in [5.74, 6) is 0.796. The average Bonchev–Trinajstić information content (AvgIpc) is 1.99. The summed E-state index contributed by atoms with van der Waals surface area (Å²) in [7, 11) is 4.71. The molecule has 1 unspecified atom stereocenters. The van der Waals surface area contributed by atoms with Crippen LogP contribution in [0.4, 0.5) is 0 Å². The van der Waals surface area contributed by atoms with Gasteiger partial charge in [0.05, 0.1) is 26.2 Å². The van der Waals surface area contributed by atoms with Gasteiger partial charge in [-0.25, -0.2) is 0 Å². The summed E-state index contributed by atoms with van der Waals surface area (Å²) in [6.07, 6.45) is 2.61. The highest BCUT2D eigenvalue weighted by Crippen LogP contribution is 2.31. The molecule has 0 aliphatic carbocycles. The smallest absolute Gasteiger partial charge is 0.0903 e. The molecule has 0 rings (SSSR count). The minimum absolute atomic E-state index is 0.338. The van der Waals surface area contributed by atoms with E-state index in [0.29, 0.717) is 11.0 Å². The van der Waals surface area contributed by atoms with Crippen LogP contribution in [0.2, 0.25) is 0 Å². The standard InChI is InChI=1S/C15H34N/c1-10-15(6,7)11-13(2)12-16(8,9)14(3,4)5/h13H,10-12H2,1-9H3/q+1. The van der Waals surface area contributed by atoms with Crippen molar-refractivity contribution in [3.8, 4) is 0 Å². The molecule has 0 aromatic carbocycles. The van der Waals surface area contributed by atoms with E-state index >= 15 is 0 Å². The monoisotopic (exact) mass is 228 g/mol. The van der Waals surface area contributed by atoms with Gasteiger partial charge in [0.15, 0.2) is 0 Å². The van der Waals surface area contributed by atoms with Gasteiger partial charge in [-0.1, -0.05) is 34.1 Å². The highest BCUT2D eigenvalue weighted by molar-refractivity contribution is 4.71. The van der Waals surface area contributed by atoms with Gasteiger partial charge in [0.2, 0.25) is 0 Å². The second-order valence-corrected chi connectivity index (χ2v) is 7.87. The van der Waals surface area contributed by atoms with Gasteiger partial charge in [0.25, 0.3) is 0 Å². The first-order valence-corrected chi connectivity index (χ1v) is 6.74. The summed E-state index contributed by atoms with van der Waals surface area (Å²) in [6, 6.07) is 0. The summed E-state index contributed by atoms with van der Waals surface area (Å²) >= 11 is 0. The molecular formula is C15H34N+. The van der Waals surface area contributed by atoms with E-state index in [1.54, 1.807) is 0 Å². The Balaban J connectivity index is 4.41. The van der Waals surface area contributed by atoms with Crippen molar-refractivity contribution in [2.75, 3.05) is 20.6 Å². The summed E-state index contributed by atoms with van der Waals surface area (Å²) in [4.78, 5) is 0. The summed E-state index contributed by atoms with van der Waals surface area (Å²) < 4.78 is 1.11. The molecule has 0 radical (unpaired) electrons. The van der Waals surface area contributed by atoms with Crippen molar-refractivity contribution in [3.63, 3.8) is 0 Å². The molecule has 0 bridgehead atoms. The van der Waals surface area contributed by atoms with Crippen molar-refractivity contribution in [1.82, 2.24) is 0 Å². The molecule has 0 fully saturated rings. The van der Waals surface area contributed by atoms with Gasteiger partial charge in [-0.2, -0.15) is 0 Å². The zero-order valence-corrected chi connectivity index (χ0v) is 13.1. The molecule has 0 aliphatic rings. The lowest BCUT2D eigenvalue weighted by Gasteiger charge is -2.44. The van der Waals surface area contributed by atoms with Crippen molar-refractivity contribution in [2.24, 2.45) is 11.3 Å². The van der Waals surface area contributed by atoms with Gasteiger partial charge in [0, 0.05) is 5.92 Å². The van der Waals surface area contributed by atoms with E-state index < -0.39 is 0 Å². The fourth-order valence-corrected chi connectivity index (χ4v) is 2.21. The van der Waals surface area contributed by atoms with Crippen molar-refractivity contribution in [1.29, 1.82) is 0 Å². The molecule has 0 aliphatic heterocycles. The van der Waals surface area contributed by atoms with Crippen molar-refractivity contribution < 1.29 is 4.48 Å². The maximum Gasteiger partial charge on any atom is 0.0903 e. The number of quaternary nitrogens is 1. The highest BCUT2D eigenvalue weighted by atomic mass is 15.4. The SMILES string of the molecule is CCC(C)(C)CC(C)C[N+](C)(C)C(C)(C)C. The summed E-state index contributed by atoms with van der Waals surface area (Å²) in [5.41, 5.74) is 0.835. The predicted molar refractivity (Wildman–Crippen MR) is 74.6 cm³/mol. The Morgan fingerprint density at radius 2 is 1.44 bits per heavy atom. The van der Waals surface area contributed by atoms with Crippen LogP contribution in [0.25, 0.3) is 0 Å². The summed E-state index contributed by atoms with van der Waals surface area (Å²) in [6.45, 7) is 17.8. The lowest BCUT2D eigenvalue weighted by atomic mass is 9.80. The zero-order chi connectivity index (χ0) is 13.2. The van der Waals surface area contributed by atoms with Crippen LogP contribution in [0.3, 0.4) is 0 Å². The molecule has 1 atom stereocenters. The third-order valence-electron chi connectivity index (χ3n) is 4.44. The van der Waals surface area contributed by atoms with E-state index in [2.05, 4.69) is 62.6 Å². The molecule has 0 saturated carbocycles. The Kier molecular flexibility index (Phi) is 5.07. The average molecular weight is 228 g/mol. The van der Waals surface area contributed by atoms with Gasteiger partial charge in [-0.15, -0.1) is 0 Å². The lowest BCUT2D eigenvalue weighted by molar-refractivity contribution is -0.938. The maximum atomic E-state index is 2.41. The molecule has 1 heteroatoms. The quantitative estimate of drug-likeness (QED) is 0.615. The first kappa shape index (κ1) is 16.0. The molecule has 0 saturated heterocycles. The minimum Gasteiger partial charge on any atom is -0.324 e. The van der Waals surface area contributed by atoms with E-state index in [1.165, 1.54) is 19.4 Å². The highest BCUT2D eigenvalue weighted by Gasteiger charge is 2.34. The molecular weight excluding hydrogens is 194 g/mol. The van der Waals surface area contributed by atoms with Crippen molar-refractivity contribution >= 4 is 0 Å². The normalized spacial score (nSPS) is 16.3. The number of nitrogens with zero attached hydrogens (tertiary/aromatic N) is 1. The summed E-state index contributed by atoms with van der Waals surface area (Å²) in [5, 5.41) is 0. The van der Waals surface area contributed by atoms with E-state index in [1.807, 2.05) is 0 Å². The van der Waals surface area contributed by atoms with Crippen LogP contribution in [-0.2, 0) is 0 Å². The maximum absolute atomic E-state index is 2.41. The number of hydrogen-bond acceptors (Lipinski definition) is 0. The third-order valence-corrected chi connectivity index (χ3v) is 4.44. The topological polar surface area (TPSA) is 0 Å². The van der Waals surface area contributed by atoms with Crippen LogP contribution in [0, 0.1) is 11.3 Å². The lowest BCUT2D eigenvalue weighted by Crippen LogP contribution is -2.56. The first-order chi connectivity index (χ1) is 6.91. The Bertz CT molecular complexity index is 208.